The number of aryl methyl sites for hydroxylation is 2. The Labute approximate surface area is 253 Å². The van der Waals surface area contributed by atoms with E-state index in [1.54, 1.807) is 6.92 Å². The fraction of sp³-hybridized carbons (Fsp3) is 0.519. The Morgan fingerprint density at radius 2 is 1.66 bits per heavy atom. The fourth-order valence-electron chi connectivity index (χ4n) is 5.19. The van der Waals surface area contributed by atoms with Gasteiger partial charge in [0.05, 0.1) is 41.6 Å². The first kappa shape index (κ1) is 34.2. The third-order valence-corrected chi connectivity index (χ3v) is 11.5. The van der Waals surface area contributed by atoms with Crippen molar-refractivity contribution in [1.82, 2.24) is 14.3 Å². The van der Waals surface area contributed by atoms with E-state index in [0.29, 0.717) is 11.1 Å². The Kier molecular flexibility index (Phi) is 9.83. The molecular weight excluding hydrogens is 629 g/mol. The quantitative estimate of drug-likeness (QED) is 0.193. The van der Waals surface area contributed by atoms with Crippen molar-refractivity contribution in [3.05, 3.63) is 64.7 Å². The second kappa shape index (κ2) is 12.6. The molecule has 0 bridgehead atoms. The van der Waals surface area contributed by atoms with Crippen molar-refractivity contribution in [2.75, 3.05) is 38.7 Å². The van der Waals surface area contributed by atoms with Crippen LogP contribution in [-0.4, -0.2) is 103 Å². The first-order chi connectivity index (χ1) is 20.5. The molecule has 0 aliphatic carbocycles. The number of aliphatic imine (C=N–C) groups is 1. The maximum atomic E-state index is 13.2. The smallest absolute Gasteiger partial charge is 0.394 e. The highest BCUT2D eigenvalue weighted by Gasteiger charge is 2.47. The molecule has 2 aromatic carbocycles. The number of amidine groups is 1. The second-order valence-corrected chi connectivity index (χ2v) is 14.9. The Morgan fingerprint density at radius 1 is 1.02 bits per heavy atom. The third-order valence-electron chi connectivity index (χ3n) is 8.10. The minimum Gasteiger partial charge on any atom is -0.394 e. The number of nitrogens with zero attached hydrogens (tertiary/aromatic N) is 2. The van der Waals surface area contributed by atoms with Crippen molar-refractivity contribution in [1.29, 1.82) is 0 Å². The van der Waals surface area contributed by atoms with Crippen molar-refractivity contribution in [3.8, 4) is 0 Å². The van der Waals surface area contributed by atoms with Crippen molar-refractivity contribution in [2.24, 2.45) is 4.99 Å². The molecule has 0 amide bonds. The number of piperidine rings is 1. The molecule has 2 aliphatic heterocycles. The second-order valence-electron chi connectivity index (χ2n) is 11.1. The van der Waals surface area contributed by atoms with E-state index < -0.39 is 68.9 Å². The number of halogens is 3. The van der Waals surface area contributed by atoms with Crippen LogP contribution in [0, 0.1) is 6.92 Å². The molecule has 0 saturated carbocycles. The van der Waals surface area contributed by atoms with Gasteiger partial charge in [-0.25, -0.2) is 26.1 Å². The molecule has 2 aliphatic rings. The van der Waals surface area contributed by atoms with Gasteiger partial charge in [0.1, 0.15) is 11.4 Å². The van der Waals surface area contributed by atoms with Crippen LogP contribution in [0.15, 0.2) is 52.4 Å². The zero-order valence-corrected chi connectivity index (χ0v) is 25.4. The van der Waals surface area contributed by atoms with E-state index >= 15 is 0 Å². The normalized spacial score (nSPS) is 19.6. The van der Waals surface area contributed by atoms with Gasteiger partial charge in [0, 0.05) is 18.7 Å². The molecular formula is C27H35F3N4O8S2. The van der Waals surface area contributed by atoms with Gasteiger partial charge in [-0.1, -0.05) is 18.2 Å². The number of hydrogen-bond acceptors (Lipinski definition) is 10. The lowest BCUT2D eigenvalue weighted by atomic mass is 9.87. The van der Waals surface area contributed by atoms with E-state index in [1.165, 1.54) is 34.6 Å². The average molecular weight is 665 g/mol. The third kappa shape index (κ3) is 7.09. The number of alkyl halides is 3. The Balaban J connectivity index is 1.38. The van der Waals surface area contributed by atoms with Gasteiger partial charge in [-0.2, -0.15) is 17.9 Å². The molecule has 2 heterocycles. The number of aliphatic hydroxyl groups excluding tert-OH is 4. The molecule has 12 nitrogen and oxygen atoms in total. The molecule has 0 aromatic heterocycles. The minimum absolute atomic E-state index is 0.0436. The van der Waals surface area contributed by atoms with Crippen LogP contribution in [0.2, 0.25) is 0 Å². The summed E-state index contributed by atoms with van der Waals surface area (Å²) in [6.45, 7) is -0.831. The van der Waals surface area contributed by atoms with Crippen LogP contribution in [-0.2, 0) is 32.6 Å². The summed E-state index contributed by atoms with van der Waals surface area (Å²) in [4.78, 5) is 3.93. The molecule has 4 rings (SSSR count). The minimum atomic E-state index is -4.55. The van der Waals surface area contributed by atoms with Gasteiger partial charge in [-0.15, -0.1) is 0 Å². The number of nitrogens with one attached hydrogen (secondary N) is 2. The van der Waals surface area contributed by atoms with E-state index in [-0.39, 0.29) is 54.4 Å². The highest BCUT2D eigenvalue weighted by atomic mass is 32.2. The first-order valence-corrected chi connectivity index (χ1v) is 16.7. The number of hydrogen-bond donors (Lipinski definition) is 6. The Bertz CT molecular complexity index is 1600. The maximum absolute atomic E-state index is 13.2. The molecule has 44 heavy (non-hydrogen) atoms. The summed E-state index contributed by atoms with van der Waals surface area (Å²) < 4.78 is 94.8. The van der Waals surface area contributed by atoms with Gasteiger partial charge in [0.15, 0.2) is 6.23 Å². The Morgan fingerprint density at radius 3 is 2.23 bits per heavy atom. The SMILES string of the molecule is Cc1cc(S(=O)(=O)NC(CO)(CO)CO)ccc1CCS(=O)(=O)N1CCC2(CC1)NC(c1cccc(C(F)(F)F)c1)=NC2O. The summed E-state index contributed by atoms with van der Waals surface area (Å²) in [5, 5.41) is 42.1. The van der Waals surface area contributed by atoms with Crippen LogP contribution in [0.1, 0.15) is 35.1 Å². The van der Waals surface area contributed by atoms with Crippen LogP contribution in [0.4, 0.5) is 13.2 Å². The van der Waals surface area contributed by atoms with Gasteiger partial charge >= 0.3 is 6.18 Å². The van der Waals surface area contributed by atoms with E-state index in [2.05, 4.69) is 15.0 Å². The Hall–Kier alpha value is -2.64. The number of sulfonamides is 2. The lowest BCUT2D eigenvalue weighted by Gasteiger charge is -2.40. The van der Waals surface area contributed by atoms with Gasteiger partial charge in [0.25, 0.3) is 0 Å². The van der Waals surface area contributed by atoms with Gasteiger partial charge in [-0.05, 0) is 61.6 Å². The lowest BCUT2D eigenvalue weighted by Crippen LogP contribution is -2.58. The number of benzene rings is 2. The van der Waals surface area contributed by atoms with Crippen LogP contribution in [0.5, 0.6) is 0 Å². The van der Waals surface area contributed by atoms with E-state index in [0.717, 1.165) is 12.1 Å². The van der Waals surface area contributed by atoms with Crippen molar-refractivity contribution < 1.29 is 50.4 Å². The van der Waals surface area contributed by atoms with Crippen LogP contribution >= 0.6 is 0 Å². The summed E-state index contributed by atoms with van der Waals surface area (Å²) in [6.07, 6.45) is -5.43. The molecule has 0 radical (unpaired) electrons. The summed E-state index contributed by atoms with van der Waals surface area (Å²) >= 11 is 0. The van der Waals surface area contributed by atoms with Crippen LogP contribution in [0.25, 0.3) is 0 Å². The maximum Gasteiger partial charge on any atom is 0.416 e. The summed E-state index contributed by atoms with van der Waals surface area (Å²) in [5.74, 6) is -0.179. The number of aliphatic hydroxyl groups is 4. The molecule has 244 valence electrons. The van der Waals surface area contributed by atoms with Gasteiger partial charge in [-0.3, -0.25) is 0 Å². The van der Waals surface area contributed by atoms with Crippen molar-refractivity contribution in [3.63, 3.8) is 0 Å². The molecule has 6 N–H and O–H groups in total. The standard InChI is InChI=1S/C27H35F3N4O8S2/c1-18-13-22(44(41,42)33-25(15-35,16-36)17-37)6-5-19(18)7-12-43(39,40)34-10-8-26(9-11-34)24(38)31-23(32-26)20-3-2-4-21(14-20)27(28,29)30/h2-6,13-14,24,33,35-38H,7-12,15-17H2,1H3,(H,31,32). The molecule has 1 spiro atoms. The van der Waals surface area contributed by atoms with E-state index in [1.807, 2.05) is 0 Å². The highest BCUT2D eigenvalue weighted by Crippen LogP contribution is 2.34. The van der Waals surface area contributed by atoms with Crippen molar-refractivity contribution >= 4 is 25.9 Å². The van der Waals surface area contributed by atoms with Gasteiger partial charge < -0.3 is 25.7 Å². The molecule has 1 unspecified atom stereocenters. The highest BCUT2D eigenvalue weighted by molar-refractivity contribution is 7.89. The van der Waals surface area contributed by atoms with E-state index in [4.69, 9.17) is 0 Å². The predicted molar refractivity (Wildman–Crippen MR) is 154 cm³/mol. The molecule has 1 saturated heterocycles. The van der Waals surface area contributed by atoms with Crippen LogP contribution in [0.3, 0.4) is 0 Å². The molecule has 17 heteroatoms. The van der Waals surface area contributed by atoms with Crippen molar-refractivity contribution in [2.45, 2.75) is 54.6 Å². The monoisotopic (exact) mass is 664 g/mol. The fourth-order valence-corrected chi connectivity index (χ4v) is 8.13. The molecule has 1 fully saturated rings. The largest absolute Gasteiger partial charge is 0.416 e. The lowest BCUT2D eigenvalue weighted by molar-refractivity contribution is -0.137. The van der Waals surface area contributed by atoms with Gasteiger partial charge in [0.2, 0.25) is 20.0 Å². The summed E-state index contributed by atoms with van der Waals surface area (Å²) in [7, 11) is -8.02. The summed E-state index contributed by atoms with van der Waals surface area (Å²) in [5.41, 5.74) is -2.52. The molecule has 1 atom stereocenters. The average Bonchev–Trinajstić information content (AvgIpc) is 3.30. The zero-order valence-electron chi connectivity index (χ0n) is 23.7. The van der Waals surface area contributed by atoms with Crippen LogP contribution < -0.4 is 10.0 Å². The first-order valence-electron chi connectivity index (χ1n) is 13.7. The topological polar surface area (TPSA) is 189 Å². The summed E-state index contributed by atoms with van der Waals surface area (Å²) in [6, 6.07) is 8.60. The number of rotatable bonds is 11. The van der Waals surface area contributed by atoms with E-state index in [9.17, 15) is 50.4 Å². The molecule has 2 aromatic rings. The zero-order chi connectivity index (χ0) is 32.6. The predicted octanol–water partition coefficient (Wildman–Crippen LogP) is 0.0831.